The van der Waals surface area contributed by atoms with E-state index in [0.717, 1.165) is 16.9 Å². The van der Waals surface area contributed by atoms with Crippen LogP contribution >= 0.6 is 0 Å². The molecule has 0 spiro atoms. The van der Waals surface area contributed by atoms with E-state index < -0.39 is 0 Å². The van der Waals surface area contributed by atoms with Crippen molar-refractivity contribution in [1.82, 2.24) is 14.5 Å². The zero-order valence-electron chi connectivity index (χ0n) is 12.0. The molecule has 23 heavy (non-hydrogen) atoms. The number of carbonyl (C=O) groups excluding carboxylic acids is 1. The quantitative estimate of drug-likeness (QED) is 0.630. The average molecular weight is 304 g/mol. The number of nitrogens with zero attached hydrogens (tertiary/aromatic N) is 3. The summed E-state index contributed by atoms with van der Waals surface area (Å²) in [4.78, 5) is 16.6. The lowest BCUT2D eigenvalue weighted by Gasteiger charge is -2.05. The van der Waals surface area contributed by atoms with Crippen molar-refractivity contribution < 1.29 is 9.32 Å². The largest absolute Gasteiger partial charge is 0.364 e. The number of amides is 1. The van der Waals surface area contributed by atoms with Crippen LogP contribution in [0.2, 0.25) is 0 Å². The van der Waals surface area contributed by atoms with Gasteiger partial charge in [0.2, 0.25) is 0 Å². The van der Waals surface area contributed by atoms with Crippen molar-refractivity contribution in [1.29, 1.82) is 0 Å². The van der Waals surface area contributed by atoms with Gasteiger partial charge in [-0.2, -0.15) is 0 Å². The number of hydrogen-bond donors (Lipinski definition) is 1. The molecule has 3 heterocycles. The van der Waals surface area contributed by atoms with Gasteiger partial charge in [-0.05, 0) is 24.3 Å². The third-order valence-corrected chi connectivity index (χ3v) is 3.53. The minimum absolute atomic E-state index is 0.210. The molecule has 0 saturated carbocycles. The summed E-state index contributed by atoms with van der Waals surface area (Å²) in [5.41, 5.74) is 3.60. The summed E-state index contributed by atoms with van der Waals surface area (Å²) in [5.74, 6) is -0.210. The number of rotatable bonds is 3. The van der Waals surface area contributed by atoms with Crippen LogP contribution in [-0.4, -0.2) is 20.4 Å². The number of imidazole rings is 1. The van der Waals surface area contributed by atoms with Gasteiger partial charge in [-0.1, -0.05) is 23.4 Å². The van der Waals surface area contributed by atoms with Crippen molar-refractivity contribution in [2.75, 3.05) is 5.32 Å². The van der Waals surface area contributed by atoms with Crippen molar-refractivity contribution >= 4 is 17.2 Å². The molecular formula is C17H12N4O2. The van der Waals surface area contributed by atoms with Gasteiger partial charge in [0.05, 0.1) is 6.20 Å². The molecule has 0 aliphatic rings. The third-order valence-electron chi connectivity index (χ3n) is 3.53. The van der Waals surface area contributed by atoms with E-state index in [0.29, 0.717) is 11.4 Å². The smallest absolute Gasteiger partial charge is 0.274 e. The van der Waals surface area contributed by atoms with E-state index in [4.69, 9.17) is 4.52 Å². The van der Waals surface area contributed by atoms with Gasteiger partial charge in [0.25, 0.3) is 5.91 Å². The van der Waals surface area contributed by atoms with Gasteiger partial charge in [-0.15, -0.1) is 0 Å². The number of hydrogen-bond acceptors (Lipinski definition) is 4. The Morgan fingerprint density at radius 3 is 2.74 bits per heavy atom. The number of pyridine rings is 1. The number of anilines is 1. The van der Waals surface area contributed by atoms with Crippen LogP contribution < -0.4 is 5.32 Å². The van der Waals surface area contributed by atoms with Gasteiger partial charge in [-0.25, -0.2) is 4.98 Å². The summed E-state index contributed by atoms with van der Waals surface area (Å²) in [6.45, 7) is 0. The van der Waals surface area contributed by atoms with Crippen LogP contribution in [0.25, 0.3) is 16.9 Å². The molecule has 6 nitrogen and oxygen atoms in total. The Morgan fingerprint density at radius 1 is 1.09 bits per heavy atom. The normalized spacial score (nSPS) is 10.8. The Balaban J connectivity index is 1.57. The molecule has 6 heteroatoms. The summed E-state index contributed by atoms with van der Waals surface area (Å²) < 4.78 is 6.57. The lowest BCUT2D eigenvalue weighted by molar-refractivity contribution is 0.102. The molecule has 0 unspecified atom stereocenters. The maximum atomic E-state index is 12.4. The summed E-state index contributed by atoms with van der Waals surface area (Å²) in [5, 5.41) is 6.74. The van der Waals surface area contributed by atoms with E-state index in [9.17, 15) is 4.79 Å². The molecule has 1 aromatic carbocycles. The van der Waals surface area contributed by atoms with Crippen LogP contribution in [0.3, 0.4) is 0 Å². The van der Waals surface area contributed by atoms with E-state index >= 15 is 0 Å². The van der Waals surface area contributed by atoms with E-state index in [2.05, 4.69) is 15.5 Å². The number of benzene rings is 1. The topological polar surface area (TPSA) is 72.4 Å². The van der Waals surface area contributed by atoms with Crippen molar-refractivity contribution in [2.24, 2.45) is 0 Å². The first-order valence-electron chi connectivity index (χ1n) is 7.05. The average Bonchev–Trinajstić information content (AvgIpc) is 3.25. The number of aromatic nitrogens is 3. The van der Waals surface area contributed by atoms with Gasteiger partial charge >= 0.3 is 0 Å². The predicted octanol–water partition coefficient (Wildman–Crippen LogP) is 3.24. The number of carbonyl (C=O) groups is 1. The van der Waals surface area contributed by atoms with Crippen LogP contribution in [0.5, 0.6) is 0 Å². The molecule has 1 N–H and O–H groups in total. The van der Waals surface area contributed by atoms with Crippen LogP contribution in [-0.2, 0) is 0 Å². The van der Waals surface area contributed by atoms with Crippen molar-refractivity contribution in [3.63, 3.8) is 0 Å². The van der Waals surface area contributed by atoms with Crippen molar-refractivity contribution in [3.05, 3.63) is 72.9 Å². The fraction of sp³-hybridized carbons (Fsp3) is 0. The molecule has 0 fully saturated rings. The summed E-state index contributed by atoms with van der Waals surface area (Å²) in [6.07, 6.45) is 4.90. The predicted molar refractivity (Wildman–Crippen MR) is 85.1 cm³/mol. The molecule has 112 valence electrons. The van der Waals surface area contributed by atoms with Crippen LogP contribution in [0.15, 0.2) is 71.7 Å². The molecule has 0 bridgehead atoms. The van der Waals surface area contributed by atoms with Gasteiger partial charge in [-0.3, -0.25) is 9.20 Å². The second-order valence-corrected chi connectivity index (χ2v) is 4.99. The Kier molecular flexibility index (Phi) is 3.12. The minimum Gasteiger partial charge on any atom is -0.364 e. The maximum Gasteiger partial charge on any atom is 0.274 e. The molecule has 0 aliphatic carbocycles. The molecule has 0 aliphatic heterocycles. The summed E-state index contributed by atoms with van der Waals surface area (Å²) in [6, 6.07) is 14.8. The first-order valence-corrected chi connectivity index (χ1v) is 7.05. The van der Waals surface area contributed by atoms with E-state index in [1.54, 1.807) is 16.7 Å². The highest BCUT2D eigenvalue weighted by Gasteiger charge is 2.12. The molecule has 4 rings (SSSR count). The molecule has 4 aromatic rings. The highest BCUT2D eigenvalue weighted by atomic mass is 16.5. The molecule has 1 amide bonds. The Morgan fingerprint density at radius 2 is 1.96 bits per heavy atom. The van der Waals surface area contributed by atoms with Crippen molar-refractivity contribution in [3.8, 4) is 11.3 Å². The first kappa shape index (κ1) is 13.3. The molecule has 0 radical (unpaired) electrons. The first-order chi connectivity index (χ1) is 11.3. The molecule has 0 saturated heterocycles. The fourth-order valence-corrected chi connectivity index (χ4v) is 2.38. The summed E-state index contributed by atoms with van der Waals surface area (Å²) >= 11 is 0. The molecular weight excluding hydrogens is 292 g/mol. The van der Waals surface area contributed by atoms with E-state index in [1.807, 2.05) is 48.7 Å². The third kappa shape index (κ3) is 2.46. The maximum absolute atomic E-state index is 12.4. The van der Waals surface area contributed by atoms with Gasteiger partial charge in [0.1, 0.15) is 23.3 Å². The van der Waals surface area contributed by atoms with Crippen LogP contribution in [0.1, 0.15) is 10.5 Å². The molecule has 3 aromatic heterocycles. The number of fused-ring (bicyclic) bond motifs is 1. The lowest BCUT2D eigenvalue weighted by Crippen LogP contribution is -2.14. The van der Waals surface area contributed by atoms with Gasteiger partial charge in [0.15, 0.2) is 0 Å². The summed E-state index contributed by atoms with van der Waals surface area (Å²) in [7, 11) is 0. The second kappa shape index (κ2) is 5.42. The zero-order chi connectivity index (χ0) is 15.6. The van der Waals surface area contributed by atoms with Gasteiger partial charge < -0.3 is 9.84 Å². The Labute approximate surface area is 131 Å². The molecule has 0 atom stereocenters. The second-order valence-electron chi connectivity index (χ2n) is 4.99. The lowest BCUT2D eigenvalue weighted by atomic mass is 10.1. The SMILES string of the molecule is O=C(Nc1ccc(-c2ccon2)cc1)c1cnc2ccccn12. The standard InChI is InChI=1S/C17H12N4O2/c22-17(15-11-18-16-3-1-2-9-21(15)16)19-13-6-4-12(5-7-13)14-8-10-23-20-14/h1-11H,(H,19,22). The fourth-order valence-electron chi connectivity index (χ4n) is 2.38. The zero-order valence-corrected chi connectivity index (χ0v) is 12.0. The van der Waals surface area contributed by atoms with Crippen LogP contribution in [0.4, 0.5) is 5.69 Å². The monoisotopic (exact) mass is 304 g/mol. The Hall–Kier alpha value is -3.41. The Bertz CT molecular complexity index is 956. The van der Waals surface area contributed by atoms with Crippen LogP contribution in [0, 0.1) is 0 Å². The van der Waals surface area contributed by atoms with Gasteiger partial charge in [0, 0.05) is 23.5 Å². The highest BCUT2D eigenvalue weighted by molar-refractivity contribution is 6.03. The number of nitrogens with one attached hydrogen (secondary N) is 1. The highest BCUT2D eigenvalue weighted by Crippen LogP contribution is 2.20. The minimum atomic E-state index is -0.210. The van der Waals surface area contributed by atoms with Crippen molar-refractivity contribution in [2.45, 2.75) is 0 Å². The van der Waals surface area contributed by atoms with E-state index in [-0.39, 0.29) is 5.91 Å². The van der Waals surface area contributed by atoms with E-state index in [1.165, 1.54) is 6.26 Å².